The van der Waals surface area contributed by atoms with Crippen molar-refractivity contribution < 1.29 is 24.2 Å². The summed E-state index contributed by atoms with van der Waals surface area (Å²) in [6, 6.07) is 2.34. The van der Waals surface area contributed by atoms with Gasteiger partial charge in [-0.3, -0.25) is 0 Å². The Kier molecular flexibility index (Phi) is 5.83. The largest absolute Gasteiger partial charge is 0.475 e. The van der Waals surface area contributed by atoms with E-state index in [1.165, 1.54) is 0 Å². The van der Waals surface area contributed by atoms with Gasteiger partial charge in [0.05, 0.1) is 0 Å². The maximum atomic E-state index is 10.2. The van der Waals surface area contributed by atoms with Gasteiger partial charge in [0.15, 0.2) is 0 Å². The summed E-state index contributed by atoms with van der Waals surface area (Å²) in [5.74, 6) is -3.31. The van der Waals surface area contributed by atoms with Crippen molar-refractivity contribution in [3.05, 3.63) is 23.7 Å². The molecule has 0 aromatic carbocycles. The predicted octanol–water partition coefficient (Wildman–Crippen LogP) is -0.0317. The molecule has 0 aliphatic carbocycles. The van der Waals surface area contributed by atoms with Gasteiger partial charge >= 0.3 is 11.9 Å². The maximum absolute atomic E-state index is 10.2. The standard InChI is InChI=1S/C6H4O5.C3H10N2/c7-5(8)3-1-2-4(11-3)6(9)10;1-3(5)2-4/h1-2H,(H,7,8)(H,9,10);3H,2,4-5H2,1H3. The highest BCUT2D eigenvalue weighted by Gasteiger charge is 2.12. The van der Waals surface area contributed by atoms with Crippen LogP contribution in [0.3, 0.4) is 0 Å². The summed E-state index contributed by atoms with van der Waals surface area (Å²) < 4.78 is 4.41. The van der Waals surface area contributed by atoms with Crippen molar-refractivity contribution in [2.24, 2.45) is 11.5 Å². The fraction of sp³-hybridized carbons (Fsp3) is 0.333. The van der Waals surface area contributed by atoms with Crippen molar-refractivity contribution in [3.63, 3.8) is 0 Å². The van der Waals surface area contributed by atoms with Crippen LogP contribution in [0.15, 0.2) is 16.5 Å². The van der Waals surface area contributed by atoms with Gasteiger partial charge in [-0.15, -0.1) is 0 Å². The first-order valence-electron chi connectivity index (χ1n) is 4.40. The van der Waals surface area contributed by atoms with E-state index in [1.807, 2.05) is 6.92 Å². The van der Waals surface area contributed by atoms with E-state index in [2.05, 4.69) is 4.42 Å². The summed E-state index contributed by atoms with van der Waals surface area (Å²) in [6.45, 7) is 2.46. The van der Waals surface area contributed by atoms with Crippen molar-refractivity contribution in [2.45, 2.75) is 13.0 Å². The molecule has 1 heterocycles. The molecule has 1 aromatic rings. The SMILES string of the molecule is CC(N)CN.O=C(O)c1ccc(C(=O)O)o1. The molecule has 90 valence electrons. The smallest absolute Gasteiger partial charge is 0.371 e. The first kappa shape index (κ1) is 14.1. The first-order valence-corrected chi connectivity index (χ1v) is 4.40. The Labute approximate surface area is 91.6 Å². The predicted molar refractivity (Wildman–Crippen MR) is 55.3 cm³/mol. The summed E-state index contributed by atoms with van der Waals surface area (Å²) in [5, 5.41) is 16.6. The maximum Gasteiger partial charge on any atom is 0.371 e. The van der Waals surface area contributed by atoms with Crippen LogP contribution in [0.5, 0.6) is 0 Å². The molecule has 0 radical (unpaired) electrons. The van der Waals surface area contributed by atoms with Crippen LogP contribution in [0.25, 0.3) is 0 Å². The van der Waals surface area contributed by atoms with Gasteiger partial charge in [0.1, 0.15) is 0 Å². The van der Waals surface area contributed by atoms with E-state index >= 15 is 0 Å². The normalized spacial score (nSPS) is 11.2. The average molecular weight is 230 g/mol. The number of carboxylic acid groups (broad SMARTS) is 2. The molecule has 1 unspecified atom stereocenters. The van der Waals surface area contributed by atoms with Gasteiger partial charge in [-0.1, -0.05) is 0 Å². The molecule has 0 saturated carbocycles. The molecule has 0 aliphatic rings. The summed E-state index contributed by atoms with van der Waals surface area (Å²) in [6.07, 6.45) is 0. The molecular weight excluding hydrogens is 216 g/mol. The quantitative estimate of drug-likeness (QED) is 0.571. The minimum atomic E-state index is -1.28. The molecule has 0 fully saturated rings. The van der Waals surface area contributed by atoms with Crippen LogP contribution in [0.4, 0.5) is 0 Å². The third kappa shape index (κ3) is 5.13. The number of furan rings is 1. The van der Waals surface area contributed by atoms with E-state index in [0.29, 0.717) is 6.54 Å². The van der Waals surface area contributed by atoms with Crippen LogP contribution in [-0.4, -0.2) is 34.7 Å². The number of hydrogen-bond acceptors (Lipinski definition) is 5. The number of nitrogens with two attached hydrogens (primary N) is 2. The summed E-state index contributed by atoms with van der Waals surface area (Å²) in [5.41, 5.74) is 10.2. The van der Waals surface area contributed by atoms with Gasteiger partial charge in [0.2, 0.25) is 11.5 Å². The number of aromatic carboxylic acids is 2. The molecule has 0 spiro atoms. The Balaban J connectivity index is 0.000000385. The van der Waals surface area contributed by atoms with Crippen molar-refractivity contribution in [3.8, 4) is 0 Å². The fourth-order valence-electron chi connectivity index (χ4n) is 0.568. The molecule has 16 heavy (non-hydrogen) atoms. The number of carbonyl (C=O) groups is 2. The number of rotatable bonds is 3. The van der Waals surface area contributed by atoms with Crippen molar-refractivity contribution >= 4 is 11.9 Å². The summed E-state index contributed by atoms with van der Waals surface area (Å²) >= 11 is 0. The van der Waals surface area contributed by atoms with Crippen molar-refractivity contribution in [1.82, 2.24) is 0 Å². The van der Waals surface area contributed by atoms with Crippen LogP contribution in [-0.2, 0) is 0 Å². The number of hydrogen-bond donors (Lipinski definition) is 4. The Hall–Kier alpha value is -1.86. The zero-order valence-corrected chi connectivity index (χ0v) is 8.71. The Bertz CT molecular complexity index is 330. The fourth-order valence-corrected chi connectivity index (χ4v) is 0.568. The van der Waals surface area contributed by atoms with E-state index < -0.39 is 11.9 Å². The molecule has 0 amide bonds. The molecular formula is C9H14N2O5. The minimum absolute atomic E-state index is 0.162. The highest BCUT2D eigenvalue weighted by molar-refractivity contribution is 5.88. The Morgan fingerprint density at radius 2 is 1.62 bits per heavy atom. The second-order valence-electron chi connectivity index (χ2n) is 2.99. The number of carboxylic acids is 2. The Morgan fingerprint density at radius 1 is 1.31 bits per heavy atom. The van der Waals surface area contributed by atoms with Crippen LogP contribution < -0.4 is 11.5 Å². The molecule has 0 saturated heterocycles. The van der Waals surface area contributed by atoms with E-state index in [1.54, 1.807) is 0 Å². The van der Waals surface area contributed by atoms with Gasteiger partial charge in [-0.2, -0.15) is 0 Å². The third-order valence-corrected chi connectivity index (χ3v) is 1.40. The van der Waals surface area contributed by atoms with Crippen LogP contribution in [0.2, 0.25) is 0 Å². The zero-order chi connectivity index (χ0) is 12.7. The molecule has 1 rings (SSSR count). The summed E-state index contributed by atoms with van der Waals surface area (Å²) in [4.78, 5) is 20.3. The van der Waals surface area contributed by atoms with Crippen LogP contribution in [0, 0.1) is 0 Å². The van der Waals surface area contributed by atoms with E-state index in [-0.39, 0.29) is 17.6 Å². The van der Waals surface area contributed by atoms with E-state index in [4.69, 9.17) is 21.7 Å². The lowest BCUT2D eigenvalue weighted by Gasteiger charge is -1.92. The molecule has 1 aromatic heterocycles. The molecule has 0 aliphatic heterocycles. The van der Waals surface area contributed by atoms with Gasteiger partial charge in [-0.05, 0) is 19.1 Å². The van der Waals surface area contributed by atoms with Crippen LogP contribution >= 0.6 is 0 Å². The van der Waals surface area contributed by atoms with Gasteiger partial charge < -0.3 is 26.1 Å². The second-order valence-corrected chi connectivity index (χ2v) is 2.99. The van der Waals surface area contributed by atoms with Gasteiger partial charge in [0, 0.05) is 12.6 Å². The highest BCUT2D eigenvalue weighted by Crippen LogP contribution is 2.06. The van der Waals surface area contributed by atoms with E-state index in [0.717, 1.165) is 12.1 Å². The lowest BCUT2D eigenvalue weighted by molar-refractivity contribution is 0.0631. The molecule has 7 nitrogen and oxygen atoms in total. The van der Waals surface area contributed by atoms with Crippen LogP contribution in [0.1, 0.15) is 28.0 Å². The van der Waals surface area contributed by atoms with Gasteiger partial charge in [-0.25, -0.2) is 9.59 Å². The Morgan fingerprint density at radius 3 is 1.75 bits per heavy atom. The third-order valence-electron chi connectivity index (χ3n) is 1.40. The van der Waals surface area contributed by atoms with Gasteiger partial charge in [0.25, 0.3) is 0 Å². The van der Waals surface area contributed by atoms with Crippen molar-refractivity contribution in [2.75, 3.05) is 6.54 Å². The topological polar surface area (TPSA) is 140 Å². The molecule has 0 bridgehead atoms. The second kappa shape index (κ2) is 6.59. The molecule has 1 atom stereocenters. The minimum Gasteiger partial charge on any atom is -0.475 e. The monoisotopic (exact) mass is 230 g/mol. The lowest BCUT2D eigenvalue weighted by atomic mass is 10.4. The lowest BCUT2D eigenvalue weighted by Crippen LogP contribution is -2.25. The van der Waals surface area contributed by atoms with Crippen molar-refractivity contribution in [1.29, 1.82) is 0 Å². The molecule has 7 heteroatoms. The average Bonchev–Trinajstić information content (AvgIpc) is 2.67. The zero-order valence-electron chi connectivity index (χ0n) is 8.71. The van der Waals surface area contributed by atoms with E-state index in [9.17, 15) is 9.59 Å². The highest BCUT2D eigenvalue weighted by atomic mass is 16.4. The molecule has 6 N–H and O–H groups in total. The first-order chi connectivity index (χ1) is 7.38. The summed E-state index contributed by atoms with van der Waals surface area (Å²) in [7, 11) is 0.